The second-order valence-corrected chi connectivity index (χ2v) is 8.14. The van der Waals surface area contributed by atoms with E-state index < -0.39 is 5.76 Å². The van der Waals surface area contributed by atoms with Gasteiger partial charge in [-0.25, -0.2) is 14.6 Å². The SMILES string of the molecule is Cc1cc(C)nc(-n2nc(C)c(CC(=O)Nc3cccc(Cl)c3SC(F)F)c2C)n1. The van der Waals surface area contributed by atoms with E-state index in [0.29, 0.717) is 23.4 Å². The van der Waals surface area contributed by atoms with Gasteiger partial charge in [0.15, 0.2) is 0 Å². The third-order valence-corrected chi connectivity index (χ3v) is 5.67. The molecule has 158 valence electrons. The lowest BCUT2D eigenvalue weighted by Gasteiger charge is -2.12. The van der Waals surface area contributed by atoms with Gasteiger partial charge < -0.3 is 5.32 Å². The Morgan fingerprint density at radius 2 is 1.87 bits per heavy atom. The molecule has 6 nitrogen and oxygen atoms in total. The van der Waals surface area contributed by atoms with Gasteiger partial charge >= 0.3 is 0 Å². The molecule has 0 aliphatic rings. The van der Waals surface area contributed by atoms with E-state index in [2.05, 4.69) is 20.4 Å². The average molecular weight is 452 g/mol. The van der Waals surface area contributed by atoms with Crippen LogP contribution in [0.1, 0.15) is 28.3 Å². The Morgan fingerprint density at radius 1 is 1.20 bits per heavy atom. The van der Waals surface area contributed by atoms with Gasteiger partial charge in [0.1, 0.15) is 0 Å². The Balaban J connectivity index is 1.85. The minimum Gasteiger partial charge on any atom is -0.325 e. The molecule has 2 heterocycles. The Hall–Kier alpha value is -2.52. The van der Waals surface area contributed by atoms with E-state index in [1.54, 1.807) is 23.7 Å². The van der Waals surface area contributed by atoms with E-state index in [-0.39, 0.29) is 27.9 Å². The van der Waals surface area contributed by atoms with Crippen molar-refractivity contribution in [2.24, 2.45) is 0 Å². The van der Waals surface area contributed by atoms with Gasteiger partial charge in [-0.3, -0.25) is 4.79 Å². The van der Waals surface area contributed by atoms with Crippen LogP contribution in [0.2, 0.25) is 5.02 Å². The van der Waals surface area contributed by atoms with Crippen molar-refractivity contribution in [3.05, 3.63) is 57.6 Å². The predicted octanol–water partition coefficient (Wildman–Crippen LogP) is 5.05. The summed E-state index contributed by atoms with van der Waals surface area (Å²) >= 11 is 6.33. The molecule has 0 saturated heterocycles. The third-order valence-electron chi connectivity index (χ3n) is 4.39. The molecule has 0 radical (unpaired) electrons. The molecule has 0 unspecified atom stereocenters. The van der Waals surface area contributed by atoms with Crippen LogP contribution in [0.15, 0.2) is 29.2 Å². The molecule has 0 fully saturated rings. The first-order chi connectivity index (χ1) is 14.2. The average Bonchev–Trinajstić information content (AvgIpc) is 2.92. The summed E-state index contributed by atoms with van der Waals surface area (Å²) in [6.07, 6.45) is 0.0216. The second kappa shape index (κ2) is 9.09. The molecule has 3 rings (SSSR count). The van der Waals surface area contributed by atoms with Crippen LogP contribution in [0.5, 0.6) is 0 Å². The van der Waals surface area contributed by atoms with Crippen LogP contribution in [-0.2, 0) is 11.2 Å². The minimum atomic E-state index is -2.65. The zero-order valence-corrected chi connectivity index (χ0v) is 18.4. The third kappa shape index (κ3) is 4.96. The Labute approximate surface area is 182 Å². The fraction of sp³-hybridized carbons (Fsp3) is 0.300. The molecule has 0 saturated carbocycles. The maximum Gasteiger partial charge on any atom is 0.289 e. The van der Waals surface area contributed by atoms with Crippen LogP contribution in [0.4, 0.5) is 14.5 Å². The van der Waals surface area contributed by atoms with Crippen LogP contribution < -0.4 is 5.32 Å². The Morgan fingerprint density at radius 3 is 2.50 bits per heavy atom. The number of carbonyl (C=O) groups excluding carboxylic acids is 1. The summed E-state index contributed by atoms with van der Waals surface area (Å²) in [5.74, 6) is -2.58. The first kappa shape index (κ1) is 22.2. The zero-order chi connectivity index (χ0) is 22.0. The van der Waals surface area contributed by atoms with Crippen molar-refractivity contribution in [1.29, 1.82) is 0 Å². The Bertz CT molecular complexity index is 1080. The lowest BCUT2D eigenvalue weighted by Crippen LogP contribution is -2.16. The second-order valence-electron chi connectivity index (χ2n) is 6.73. The van der Waals surface area contributed by atoms with Crippen LogP contribution in [0.25, 0.3) is 5.95 Å². The lowest BCUT2D eigenvalue weighted by molar-refractivity contribution is -0.115. The number of anilines is 1. The quantitative estimate of drug-likeness (QED) is 0.531. The van der Waals surface area contributed by atoms with Crippen LogP contribution in [0.3, 0.4) is 0 Å². The van der Waals surface area contributed by atoms with Crippen LogP contribution >= 0.6 is 23.4 Å². The highest BCUT2D eigenvalue weighted by Crippen LogP contribution is 2.37. The minimum absolute atomic E-state index is 0.0216. The molecular formula is C20H20ClF2N5OS. The zero-order valence-electron chi connectivity index (χ0n) is 16.8. The van der Waals surface area contributed by atoms with Gasteiger partial charge in [0.05, 0.1) is 27.7 Å². The number of halogens is 3. The number of hydrogen-bond donors (Lipinski definition) is 1. The van der Waals surface area contributed by atoms with Crippen LogP contribution in [-0.4, -0.2) is 31.4 Å². The summed E-state index contributed by atoms with van der Waals surface area (Å²) < 4.78 is 27.3. The first-order valence-corrected chi connectivity index (χ1v) is 10.3. The maximum atomic E-state index is 12.9. The number of benzene rings is 1. The van der Waals surface area contributed by atoms with Crippen LogP contribution in [0, 0.1) is 27.7 Å². The number of aryl methyl sites for hydroxylation is 3. The number of rotatable bonds is 6. The molecule has 0 aliphatic heterocycles. The Kier molecular flexibility index (Phi) is 6.72. The number of nitrogens with one attached hydrogen (secondary N) is 1. The van der Waals surface area contributed by atoms with E-state index in [4.69, 9.17) is 11.6 Å². The molecule has 1 N–H and O–H groups in total. The summed E-state index contributed by atoms with van der Waals surface area (Å²) in [6.45, 7) is 7.38. The van der Waals surface area contributed by atoms with Gasteiger partial charge in [-0.1, -0.05) is 29.4 Å². The van der Waals surface area contributed by atoms with Crippen molar-refractivity contribution in [3.8, 4) is 5.95 Å². The number of nitrogens with zero attached hydrogens (tertiary/aromatic N) is 4. The van der Waals surface area contributed by atoms with E-state index in [0.717, 1.165) is 22.6 Å². The standard InChI is InChI=1S/C20H20ClF2N5OS/c1-10-8-11(2)25-20(24-10)28-13(4)14(12(3)27-28)9-17(29)26-16-7-5-6-15(21)18(16)30-19(22)23/h5-8,19H,9H2,1-4H3,(H,26,29). The normalized spacial score (nSPS) is 11.2. The molecule has 0 aliphatic carbocycles. The number of thioether (sulfide) groups is 1. The van der Waals surface area contributed by atoms with Gasteiger partial charge in [-0.05, 0) is 45.9 Å². The smallest absolute Gasteiger partial charge is 0.289 e. The lowest BCUT2D eigenvalue weighted by atomic mass is 10.1. The van der Waals surface area contributed by atoms with Crippen molar-refractivity contribution in [1.82, 2.24) is 19.7 Å². The topological polar surface area (TPSA) is 72.7 Å². The van der Waals surface area contributed by atoms with E-state index in [1.807, 2.05) is 26.8 Å². The molecule has 3 aromatic rings. The van der Waals surface area contributed by atoms with Crippen molar-refractivity contribution in [3.63, 3.8) is 0 Å². The summed E-state index contributed by atoms with van der Waals surface area (Å²) in [5.41, 5.74) is 4.00. The number of aromatic nitrogens is 4. The number of hydrogen-bond acceptors (Lipinski definition) is 5. The predicted molar refractivity (Wildman–Crippen MR) is 114 cm³/mol. The van der Waals surface area contributed by atoms with Crippen molar-refractivity contribution < 1.29 is 13.6 Å². The molecule has 30 heavy (non-hydrogen) atoms. The fourth-order valence-corrected chi connectivity index (χ4v) is 4.01. The van der Waals surface area contributed by atoms with Gasteiger partial charge in [0.25, 0.3) is 11.7 Å². The summed E-state index contributed by atoms with van der Waals surface area (Å²) in [7, 11) is 0. The van der Waals surface area contributed by atoms with Crippen molar-refractivity contribution in [2.45, 2.75) is 44.8 Å². The molecule has 2 aromatic heterocycles. The van der Waals surface area contributed by atoms with Crippen molar-refractivity contribution in [2.75, 3.05) is 5.32 Å². The largest absolute Gasteiger partial charge is 0.325 e. The molecule has 0 spiro atoms. The van der Waals surface area contributed by atoms with E-state index in [9.17, 15) is 13.6 Å². The molecule has 1 amide bonds. The number of amides is 1. The van der Waals surface area contributed by atoms with Gasteiger partial charge in [-0.2, -0.15) is 13.9 Å². The first-order valence-electron chi connectivity index (χ1n) is 9.06. The highest BCUT2D eigenvalue weighted by atomic mass is 35.5. The molecule has 0 bridgehead atoms. The molecule has 0 atom stereocenters. The monoisotopic (exact) mass is 451 g/mol. The van der Waals surface area contributed by atoms with Gasteiger partial charge in [-0.15, -0.1) is 0 Å². The molecule has 1 aromatic carbocycles. The van der Waals surface area contributed by atoms with Gasteiger partial charge in [0.2, 0.25) is 5.91 Å². The van der Waals surface area contributed by atoms with E-state index >= 15 is 0 Å². The summed E-state index contributed by atoms with van der Waals surface area (Å²) in [6, 6.07) is 6.51. The van der Waals surface area contributed by atoms with E-state index in [1.165, 1.54) is 6.07 Å². The molecular weight excluding hydrogens is 432 g/mol. The maximum absolute atomic E-state index is 12.9. The summed E-state index contributed by atoms with van der Waals surface area (Å²) in [4.78, 5) is 21.6. The molecule has 10 heteroatoms. The highest BCUT2D eigenvalue weighted by Gasteiger charge is 2.20. The number of carbonyl (C=O) groups is 1. The fourth-order valence-electron chi connectivity index (χ4n) is 3.10. The summed E-state index contributed by atoms with van der Waals surface area (Å²) in [5, 5.41) is 7.32. The van der Waals surface area contributed by atoms with Crippen molar-refractivity contribution >= 4 is 35.0 Å². The number of alkyl halides is 2. The highest BCUT2D eigenvalue weighted by molar-refractivity contribution is 7.99. The van der Waals surface area contributed by atoms with Gasteiger partial charge in [0, 0.05) is 22.6 Å².